The van der Waals surface area contributed by atoms with Crippen LogP contribution in [0.5, 0.6) is 5.75 Å². The van der Waals surface area contributed by atoms with E-state index in [4.69, 9.17) is 17.0 Å². The molecule has 0 radical (unpaired) electrons. The molecule has 3 aromatic rings. The lowest BCUT2D eigenvalue weighted by Crippen LogP contribution is -2.34. The Labute approximate surface area is 211 Å². The molecule has 1 atom stereocenters. The van der Waals surface area contributed by atoms with Crippen LogP contribution in [-0.2, 0) is 6.18 Å². The van der Waals surface area contributed by atoms with Crippen LogP contribution in [-0.4, -0.2) is 23.0 Å². The average molecular weight is 516 g/mol. The number of halogens is 3. The van der Waals surface area contributed by atoms with Crippen molar-refractivity contribution < 1.29 is 27.5 Å². The summed E-state index contributed by atoms with van der Waals surface area (Å²) in [4.78, 5) is 25.0. The van der Waals surface area contributed by atoms with Gasteiger partial charge in [-0.2, -0.15) is 13.2 Å². The van der Waals surface area contributed by atoms with E-state index >= 15 is 0 Å². The summed E-state index contributed by atoms with van der Waals surface area (Å²) in [5, 5.41) is 7.92. The van der Waals surface area contributed by atoms with Crippen LogP contribution >= 0.6 is 12.2 Å². The molecule has 0 aliphatic rings. The number of thiocarbonyl (C=S) groups is 1. The first-order valence-corrected chi connectivity index (χ1v) is 11.4. The zero-order valence-corrected chi connectivity index (χ0v) is 20.3. The zero-order chi connectivity index (χ0) is 26.3. The number of rotatable bonds is 7. The van der Waals surface area contributed by atoms with E-state index in [-0.39, 0.29) is 22.5 Å². The van der Waals surface area contributed by atoms with Gasteiger partial charge in [0.1, 0.15) is 5.75 Å². The Hall–Kier alpha value is -3.92. The fourth-order valence-corrected chi connectivity index (χ4v) is 3.26. The van der Waals surface area contributed by atoms with Gasteiger partial charge in [0, 0.05) is 22.5 Å². The summed E-state index contributed by atoms with van der Waals surface area (Å²) < 4.78 is 44.3. The second kappa shape index (κ2) is 11.7. The van der Waals surface area contributed by atoms with Gasteiger partial charge in [-0.15, -0.1) is 0 Å². The lowest BCUT2D eigenvalue weighted by molar-refractivity contribution is -0.137. The van der Waals surface area contributed by atoms with E-state index in [1.165, 1.54) is 24.3 Å². The van der Waals surface area contributed by atoms with Crippen molar-refractivity contribution in [1.29, 1.82) is 0 Å². The molecule has 0 heterocycles. The monoisotopic (exact) mass is 515 g/mol. The van der Waals surface area contributed by atoms with Crippen LogP contribution in [0.3, 0.4) is 0 Å². The summed E-state index contributed by atoms with van der Waals surface area (Å²) in [7, 11) is 0. The highest BCUT2D eigenvalue weighted by molar-refractivity contribution is 7.80. The van der Waals surface area contributed by atoms with E-state index in [2.05, 4.69) is 16.0 Å². The van der Waals surface area contributed by atoms with Gasteiger partial charge in [0.2, 0.25) is 0 Å². The Morgan fingerprint density at radius 2 is 1.58 bits per heavy atom. The van der Waals surface area contributed by atoms with Crippen LogP contribution in [0, 0.1) is 0 Å². The highest BCUT2D eigenvalue weighted by Crippen LogP contribution is 2.30. The quantitative estimate of drug-likeness (QED) is 0.324. The molecule has 0 saturated carbocycles. The van der Waals surface area contributed by atoms with Gasteiger partial charge in [0.25, 0.3) is 11.8 Å². The third-order valence-electron chi connectivity index (χ3n) is 5.09. The van der Waals surface area contributed by atoms with Gasteiger partial charge in [-0.3, -0.25) is 14.9 Å². The topological polar surface area (TPSA) is 79.5 Å². The van der Waals surface area contributed by atoms with Crippen molar-refractivity contribution in [3.8, 4) is 5.75 Å². The van der Waals surface area contributed by atoms with Crippen LogP contribution in [0.15, 0.2) is 72.8 Å². The molecule has 1 unspecified atom stereocenters. The summed E-state index contributed by atoms with van der Waals surface area (Å²) in [6, 6.07) is 17.2. The normalized spacial score (nSPS) is 11.8. The number of anilines is 2. The Bertz CT molecular complexity index is 1250. The van der Waals surface area contributed by atoms with Gasteiger partial charge in [-0.05, 0) is 86.2 Å². The number of ether oxygens (including phenoxy) is 1. The Kier molecular flexibility index (Phi) is 8.65. The number of nitrogens with one attached hydrogen (secondary N) is 3. The maximum absolute atomic E-state index is 12.9. The molecular weight excluding hydrogens is 491 g/mol. The standard InChI is InChI=1S/C26H24F3N3O3S/c1-3-16(2)35-22-9-4-6-18(14-22)24(34)32-25(36)31-20-12-10-17(11-13-20)23(33)30-21-8-5-7-19(15-21)26(27,28)29/h4-16H,3H2,1-2H3,(H,30,33)(H2,31,32,34,36). The molecule has 0 aliphatic carbocycles. The number of alkyl halides is 3. The van der Waals surface area contributed by atoms with E-state index in [1.807, 2.05) is 13.8 Å². The maximum atomic E-state index is 12.9. The fourth-order valence-electron chi connectivity index (χ4n) is 3.05. The molecule has 0 bridgehead atoms. The second-order valence-electron chi connectivity index (χ2n) is 7.88. The first kappa shape index (κ1) is 26.7. The summed E-state index contributed by atoms with van der Waals surface area (Å²) in [5.74, 6) is -0.412. The molecule has 0 spiro atoms. The van der Waals surface area contributed by atoms with E-state index in [1.54, 1.807) is 36.4 Å². The highest BCUT2D eigenvalue weighted by atomic mass is 32.1. The molecule has 0 saturated heterocycles. The van der Waals surface area contributed by atoms with Crippen LogP contribution in [0.1, 0.15) is 46.5 Å². The molecule has 2 amide bonds. The lowest BCUT2D eigenvalue weighted by Gasteiger charge is -2.14. The average Bonchev–Trinajstić information content (AvgIpc) is 2.84. The molecule has 0 fully saturated rings. The predicted molar refractivity (Wildman–Crippen MR) is 136 cm³/mol. The van der Waals surface area contributed by atoms with Crippen molar-refractivity contribution >= 4 is 40.5 Å². The smallest absolute Gasteiger partial charge is 0.416 e. The van der Waals surface area contributed by atoms with E-state index < -0.39 is 23.6 Å². The molecule has 10 heteroatoms. The lowest BCUT2D eigenvalue weighted by atomic mass is 10.1. The summed E-state index contributed by atoms with van der Waals surface area (Å²) >= 11 is 5.20. The fraction of sp³-hybridized carbons (Fsp3) is 0.192. The van der Waals surface area contributed by atoms with Crippen molar-refractivity contribution in [2.75, 3.05) is 10.6 Å². The Balaban J connectivity index is 1.57. The van der Waals surface area contributed by atoms with Crippen molar-refractivity contribution in [2.45, 2.75) is 32.5 Å². The number of benzene rings is 3. The van der Waals surface area contributed by atoms with E-state index in [0.29, 0.717) is 17.0 Å². The van der Waals surface area contributed by atoms with Gasteiger partial charge in [0.15, 0.2) is 5.11 Å². The minimum absolute atomic E-state index is 0.0150. The minimum atomic E-state index is -4.51. The number of carbonyl (C=O) groups excluding carboxylic acids is 2. The summed E-state index contributed by atoms with van der Waals surface area (Å²) in [5.41, 5.74) is 0.280. The summed E-state index contributed by atoms with van der Waals surface area (Å²) in [6.45, 7) is 3.94. The number of carbonyl (C=O) groups is 2. The highest BCUT2D eigenvalue weighted by Gasteiger charge is 2.30. The Morgan fingerprint density at radius 3 is 2.25 bits per heavy atom. The number of hydrogen-bond acceptors (Lipinski definition) is 4. The Morgan fingerprint density at radius 1 is 0.889 bits per heavy atom. The van der Waals surface area contributed by atoms with Crippen molar-refractivity contribution in [3.63, 3.8) is 0 Å². The molecule has 3 N–H and O–H groups in total. The third kappa shape index (κ3) is 7.54. The third-order valence-corrected chi connectivity index (χ3v) is 5.29. The molecule has 3 aromatic carbocycles. The minimum Gasteiger partial charge on any atom is -0.491 e. The van der Waals surface area contributed by atoms with Crippen LogP contribution in [0.25, 0.3) is 0 Å². The van der Waals surface area contributed by atoms with Crippen molar-refractivity contribution in [2.24, 2.45) is 0 Å². The number of amides is 2. The second-order valence-corrected chi connectivity index (χ2v) is 8.29. The van der Waals surface area contributed by atoms with Crippen LogP contribution in [0.2, 0.25) is 0 Å². The SMILES string of the molecule is CCC(C)Oc1cccc(C(=O)NC(=S)Nc2ccc(C(=O)Nc3cccc(C(F)(F)F)c3)cc2)c1. The maximum Gasteiger partial charge on any atom is 0.416 e. The molecule has 188 valence electrons. The van der Waals surface area contributed by atoms with Gasteiger partial charge in [-0.25, -0.2) is 0 Å². The van der Waals surface area contributed by atoms with E-state index in [9.17, 15) is 22.8 Å². The van der Waals surface area contributed by atoms with E-state index in [0.717, 1.165) is 18.6 Å². The summed E-state index contributed by atoms with van der Waals surface area (Å²) in [6.07, 6.45) is -3.66. The molecule has 6 nitrogen and oxygen atoms in total. The van der Waals surface area contributed by atoms with Gasteiger partial charge >= 0.3 is 6.18 Å². The molecular formula is C26H24F3N3O3S. The first-order chi connectivity index (χ1) is 17.0. The number of hydrogen-bond donors (Lipinski definition) is 3. The van der Waals surface area contributed by atoms with Crippen LogP contribution < -0.4 is 20.7 Å². The largest absolute Gasteiger partial charge is 0.491 e. The van der Waals surface area contributed by atoms with Gasteiger partial charge in [-0.1, -0.05) is 19.1 Å². The van der Waals surface area contributed by atoms with Crippen molar-refractivity contribution in [1.82, 2.24) is 5.32 Å². The predicted octanol–water partition coefficient (Wildman–Crippen LogP) is 6.26. The van der Waals surface area contributed by atoms with Gasteiger partial charge < -0.3 is 15.4 Å². The van der Waals surface area contributed by atoms with Crippen molar-refractivity contribution in [3.05, 3.63) is 89.5 Å². The van der Waals surface area contributed by atoms with Crippen LogP contribution in [0.4, 0.5) is 24.5 Å². The molecule has 0 aliphatic heterocycles. The zero-order valence-electron chi connectivity index (χ0n) is 19.5. The molecule has 0 aromatic heterocycles. The van der Waals surface area contributed by atoms with Gasteiger partial charge in [0.05, 0.1) is 11.7 Å². The molecule has 36 heavy (non-hydrogen) atoms. The molecule has 3 rings (SSSR count). The first-order valence-electron chi connectivity index (χ1n) is 11.0.